The molecule has 4 rings (SSSR count). The molecule has 1 aromatic heterocycles. The van der Waals surface area contributed by atoms with E-state index >= 15 is 0 Å². The zero-order valence-electron chi connectivity index (χ0n) is 16.2. The summed E-state index contributed by atoms with van der Waals surface area (Å²) in [5.74, 6) is 0.814. The van der Waals surface area contributed by atoms with Crippen LogP contribution in [0.25, 0.3) is 10.8 Å². The van der Waals surface area contributed by atoms with Gasteiger partial charge in [-0.15, -0.1) is 0 Å². The van der Waals surface area contributed by atoms with Gasteiger partial charge in [-0.2, -0.15) is 0 Å². The first kappa shape index (κ1) is 18.6. The van der Waals surface area contributed by atoms with Gasteiger partial charge in [0.2, 0.25) is 0 Å². The highest BCUT2D eigenvalue weighted by atomic mass is 16.5. The van der Waals surface area contributed by atoms with Crippen LogP contribution in [-0.4, -0.2) is 23.8 Å². The lowest BCUT2D eigenvalue weighted by Crippen LogP contribution is -2.32. The van der Waals surface area contributed by atoms with Crippen molar-refractivity contribution in [2.75, 3.05) is 12.4 Å². The van der Waals surface area contributed by atoms with Gasteiger partial charge in [-0.1, -0.05) is 12.1 Å². The Balaban J connectivity index is 1.53. The minimum atomic E-state index is 0.0310. The molecule has 1 aliphatic carbocycles. The Morgan fingerprint density at radius 3 is 2.54 bits per heavy atom. The molecule has 0 saturated heterocycles. The number of rotatable bonds is 5. The average Bonchev–Trinajstić information content (AvgIpc) is 2.72. The van der Waals surface area contributed by atoms with Crippen LogP contribution >= 0.6 is 0 Å². The third-order valence-electron chi connectivity index (χ3n) is 5.63. The zero-order valence-corrected chi connectivity index (χ0v) is 16.2. The van der Waals surface area contributed by atoms with Crippen molar-refractivity contribution in [2.45, 2.75) is 44.3 Å². The summed E-state index contributed by atoms with van der Waals surface area (Å²) in [6.07, 6.45) is 6.21. The van der Waals surface area contributed by atoms with E-state index in [-0.39, 0.29) is 5.56 Å². The molecule has 1 saturated carbocycles. The summed E-state index contributed by atoms with van der Waals surface area (Å²) in [6, 6.07) is 16.6. The highest BCUT2D eigenvalue weighted by Crippen LogP contribution is 2.23. The summed E-state index contributed by atoms with van der Waals surface area (Å²) in [6.45, 7) is 0.543. The van der Waals surface area contributed by atoms with Crippen LogP contribution in [0.3, 0.4) is 0 Å². The van der Waals surface area contributed by atoms with Crippen LogP contribution in [0, 0.1) is 0 Å². The van der Waals surface area contributed by atoms with Crippen molar-refractivity contribution in [1.29, 1.82) is 0 Å². The van der Waals surface area contributed by atoms with E-state index in [0.717, 1.165) is 53.5 Å². The first-order valence-electron chi connectivity index (χ1n) is 9.90. The van der Waals surface area contributed by atoms with Gasteiger partial charge in [-0.05, 0) is 73.0 Å². The number of methoxy groups -OCH3 is 1. The molecule has 1 fully saturated rings. The van der Waals surface area contributed by atoms with Crippen molar-refractivity contribution in [2.24, 2.45) is 5.73 Å². The predicted molar refractivity (Wildman–Crippen MR) is 114 cm³/mol. The van der Waals surface area contributed by atoms with Crippen LogP contribution in [0.2, 0.25) is 0 Å². The number of nitrogens with one attached hydrogen (secondary N) is 1. The fraction of sp³-hybridized carbons (Fsp3) is 0.348. The standard InChI is InChI=1S/C23H27N3O2/c1-28-21-9-2-16(3-10-21)15-26-13-12-17-14-20(8-11-22(17)23(26)27)25-19-6-4-18(24)5-7-19/h2-3,8-14,18-19,25H,4-7,15,24H2,1H3. The largest absolute Gasteiger partial charge is 0.497 e. The lowest BCUT2D eigenvalue weighted by atomic mass is 9.91. The number of nitrogens with zero attached hydrogens (tertiary/aromatic N) is 1. The summed E-state index contributed by atoms with van der Waals surface area (Å²) < 4.78 is 6.94. The maximum atomic E-state index is 12.9. The monoisotopic (exact) mass is 377 g/mol. The molecule has 0 atom stereocenters. The predicted octanol–water partition coefficient (Wildman–Crippen LogP) is 3.74. The summed E-state index contributed by atoms with van der Waals surface area (Å²) in [4.78, 5) is 12.9. The van der Waals surface area contributed by atoms with Crippen molar-refractivity contribution in [3.05, 3.63) is 70.6 Å². The quantitative estimate of drug-likeness (QED) is 0.711. The van der Waals surface area contributed by atoms with E-state index in [1.54, 1.807) is 11.7 Å². The molecule has 0 unspecified atom stereocenters. The molecule has 1 aliphatic rings. The molecule has 0 radical (unpaired) electrons. The fourth-order valence-corrected chi connectivity index (χ4v) is 3.93. The Kier molecular flexibility index (Phi) is 5.35. The Bertz CT molecular complexity index is 1000. The second kappa shape index (κ2) is 8.07. The highest BCUT2D eigenvalue weighted by Gasteiger charge is 2.18. The number of hydrogen-bond donors (Lipinski definition) is 2. The molecule has 28 heavy (non-hydrogen) atoms. The number of fused-ring (bicyclic) bond motifs is 1. The Hall–Kier alpha value is -2.79. The first-order chi connectivity index (χ1) is 13.6. The highest BCUT2D eigenvalue weighted by molar-refractivity contribution is 5.84. The van der Waals surface area contributed by atoms with Crippen molar-refractivity contribution < 1.29 is 4.74 Å². The van der Waals surface area contributed by atoms with Crippen molar-refractivity contribution in [3.63, 3.8) is 0 Å². The van der Waals surface area contributed by atoms with E-state index in [1.165, 1.54) is 0 Å². The minimum Gasteiger partial charge on any atom is -0.497 e. The third-order valence-corrected chi connectivity index (χ3v) is 5.63. The average molecular weight is 377 g/mol. The minimum absolute atomic E-state index is 0.0310. The van der Waals surface area contributed by atoms with E-state index in [2.05, 4.69) is 11.4 Å². The molecule has 3 aromatic rings. The summed E-state index contributed by atoms with van der Waals surface area (Å²) >= 11 is 0. The maximum Gasteiger partial charge on any atom is 0.258 e. The van der Waals surface area contributed by atoms with Crippen LogP contribution in [0.5, 0.6) is 5.75 Å². The van der Waals surface area contributed by atoms with Gasteiger partial charge in [-0.3, -0.25) is 4.79 Å². The smallest absolute Gasteiger partial charge is 0.258 e. The molecule has 146 valence electrons. The van der Waals surface area contributed by atoms with Crippen LogP contribution < -0.4 is 21.3 Å². The van der Waals surface area contributed by atoms with Gasteiger partial charge in [0.25, 0.3) is 5.56 Å². The van der Waals surface area contributed by atoms with Crippen LogP contribution in [-0.2, 0) is 6.54 Å². The van der Waals surface area contributed by atoms with Gasteiger partial charge >= 0.3 is 0 Å². The van der Waals surface area contributed by atoms with Gasteiger partial charge < -0.3 is 20.4 Å². The molecule has 0 aliphatic heterocycles. The van der Waals surface area contributed by atoms with Crippen LogP contribution in [0.1, 0.15) is 31.2 Å². The summed E-state index contributed by atoms with van der Waals surface area (Å²) in [5, 5.41) is 5.31. The van der Waals surface area contributed by atoms with E-state index in [4.69, 9.17) is 10.5 Å². The number of pyridine rings is 1. The van der Waals surface area contributed by atoms with Gasteiger partial charge in [-0.25, -0.2) is 0 Å². The first-order valence-corrected chi connectivity index (χ1v) is 9.90. The number of anilines is 1. The maximum absolute atomic E-state index is 12.9. The Morgan fingerprint density at radius 1 is 1.07 bits per heavy atom. The second-order valence-corrected chi connectivity index (χ2v) is 7.65. The van der Waals surface area contributed by atoms with E-state index in [0.29, 0.717) is 18.6 Å². The van der Waals surface area contributed by atoms with Crippen molar-refractivity contribution >= 4 is 16.5 Å². The lowest BCUT2D eigenvalue weighted by molar-refractivity contribution is 0.411. The normalized spacial score (nSPS) is 19.5. The molecule has 0 spiro atoms. The number of nitrogens with two attached hydrogens (primary N) is 1. The zero-order chi connectivity index (χ0) is 19.5. The van der Waals surface area contributed by atoms with Crippen molar-refractivity contribution in [1.82, 2.24) is 4.57 Å². The van der Waals surface area contributed by atoms with Gasteiger partial charge in [0, 0.05) is 29.4 Å². The molecule has 3 N–H and O–H groups in total. The lowest BCUT2D eigenvalue weighted by Gasteiger charge is -2.27. The number of benzene rings is 2. The van der Waals surface area contributed by atoms with Gasteiger partial charge in [0.05, 0.1) is 13.7 Å². The molecule has 1 heterocycles. The number of ether oxygens (including phenoxy) is 1. The van der Waals surface area contributed by atoms with Crippen LogP contribution in [0.15, 0.2) is 59.5 Å². The molecular formula is C23H27N3O2. The molecule has 0 bridgehead atoms. The molecular weight excluding hydrogens is 350 g/mol. The topological polar surface area (TPSA) is 69.3 Å². The van der Waals surface area contributed by atoms with Crippen molar-refractivity contribution in [3.8, 4) is 5.75 Å². The molecule has 0 amide bonds. The van der Waals surface area contributed by atoms with E-state index in [9.17, 15) is 4.79 Å². The van der Waals surface area contributed by atoms with Gasteiger partial charge in [0.15, 0.2) is 0 Å². The molecule has 5 heteroatoms. The number of aromatic nitrogens is 1. The number of hydrogen-bond acceptors (Lipinski definition) is 4. The third kappa shape index (κ3) is 4.04. The van der Waals surface area contributed by atoms with E-state index in [1.807, 2.05) is 48.7 Å². The van der Waals surface area contributed by atoms with Crippen LogP contribution in [0.4, 0.5) is 5.69 Å². The summed E-state index contributed by atoms with van der Waals surface area (Å²) in [7, 11) is 1.65. The Labute approximate surface area is 165 Å². The molecule has 2 aromatic carbocycles. The van der Waals surface area contributed by atoms with Gasteiger partial charge in [0.1, 0.15) is 5.75 Å². The SMILES string of the molecule is COc1ccc(Cn2ccc3cc(NC4CCC(N)CC4)ccc3c2=O)cc1. The fourth-order valence-electron chi connectivity index (χ4n) is 3.93. The molecule has 5 nitrogen and oxygen atoms in total. The second-order valence-electron chi connectivity index (χ2n) is 7.65. The Morgan fingerprint density at radius 2 is 1.82 bits per heavy atom. The van der Waals surface area contributed by atoms with E-state index < -0.39 is 0 Å². The summed E-state index contributed by atoms with van der Waals surface area (Å²) in [5.41, 5.74) is 8.16.